The van der Waals surface area contributed by atoms with Gasteiger partial charge in [-0.2, -0.15) is 0 Å². The van der Waals surface area contributed by atoms with E-state index < -0.39 is 12.1 Å². The number of methoxy groups -OCH3 is 1. The first-order valence-corrected chi connectivity index (χ1v) is 14.0. The lowest BCUT2D eigenvalue weighted by atomic mass is 9.89. The van der Waals surface area contributed by atoms with Crippen LogP contribution in [0.15, 0.2) is 91.0 Å². The first-order valence-electron chi connectivity index (χ1n) is 14.0. The fourth-order valence-electron chi connectivity index (χ4n) is 5.32. The van der Waals surface area contributed by atoms with Crippen LogP contribution in [0.1, 0.15) is 63.5 Å². The Kier molecular flexibility index (Phi) is 8.98. The Balaban J connectivity index is 1.30. The van der Waals surface area contributed by atoms with Crippen LogP contribution in [0.4, 0.5) is 0 Å². The summed E-state index contributed by atoms with van der Waals surface area (Å²) in [5.41, 5.74) is 9.26. The van der Waals surface area contributed by atoms with Gasteiger partial charge < -0.3 is 19.3 Å². The number of aryl methyl sites for hydroxylation is 1. The van der Waals surface area contributed by atoms with Crippen LogP contribution >= 0.6 is 0 Å². The molecule has 0 aromatic heterocycles. The van der Waals surface area contributed by atoms with Crippen LogP contribution in [0.3, 0.4) is 0 Å². The van der Waals surface area contributed by atoms with Gasteiger partial charge in [-0.15, -0.1) is 0 Å². The van der Waals surface area contributed by atoms with E-state index in [4.69, 9.17) is 14.2 Å². The number of hydrogen-bond donors (Lipinski definition) is 1. The summed E-state index contributed by atoms with van der Waals surface area (Å²) in [7, 11) is 1.41. The molecule has 0 saturated heterocycles. The van der Waals surface area contributed by atoms with E-state index in [2.05, 4.69) is 92.7 Å². The molecule has 0 bridgehead atoms. The molecule has 5 heteroatoms. The Hall–Kier alpha value is -4.19. The number of carboxylic acids is 1. The number of aliphatic carboxylic acids is 1. The lowest BCUT2D eigenvalue weighted by Crippen LogP contribution is -2.24. The van der Waals surface area contributed by atoms with Crippen LogP contribution in [0, 0.1) is 6.92 Å². The fourth-order valence-corrected chi connectivity index (χ4v) is 5.32. The number of carbonyl (C=O) groups is 1. The van der Waals surface area contributed by atoms with Crippen molar-refractivity contribution in [1.82, 2.24) is 0 Å². The summed E-state index contributed by atoms with van der Waals surface area (Å²) in [6.45, 7) is 5.15. The molecule has 0 spiro atoms. The van der Waals surface area contributed by atoms with Crippen molar-refractivity contribution in [3.8, 4) is 5.75 Å². The third-order valence-electron chi connectivity index (χ3n) is 7.70. The van der Waals surface area contributed by atoms with Crippen molar-refractivity contribution in [2.45, 2.75) is 38.4 Å². The number of fused-ring (bicyclic) bond motifs is 2. The van der Waals surface area contributed by atoms with Crippen LogP contribution in [0.5, 0.6) is 5.75 Å². The van der Waals surface area contributed by atoms with Crippen molar-refractivity contribution in [3.05, 3.63) is 136 Å². The van der Waals surface area contributed by atoms with Gasteiger partial charge in [-0.05, 0) is 58.0 Å². The summed E-state index contributed by atoms with van der Waals surface area (Å²) >= 11 is 0. The van der Waals surface area contributed by atoms with Crippen LogP contribution in [-0.4, -0.2) is 37.5 Å². The van der Waals surface area contributed by atoms with Gasteiger partial charge in [0.25, 0.3) is 0 Å². The topological polar surface area (TPSA) is 65.0 Å². The van der Waals surface area contributed by atoms with Gasteiger partial charge in [-0.3, -0.25) is 0 Å². The molecule has 0 saturated carbocycles. The van der Waals surface area contributed by atoms with E-state index in [0.29, 0.717) is 25.4 Å². The summed E-state index contributed by atoms with van der Waals surface area (Å²) in [6, 6.07) is 31.2. The van der Waals surface area contributed by atoms with Crippen LogP contribution in [-0.2, 0) is 20.7 Å². The lowest BCUT2D eigenvalue weighted by molar-refractivity contribution is -0.148. The molecule has 41 heavy (non-hydrogen) atoms. The molecule has 5 nitrogen and oxygen atoms in total. The van der Waals surface area contributed by atoms with E-state index in [-0.39, 0.29) is 12.0 Å². The van der Waals surface area contributed by atoms with E-state index >= 15 is 0 Å². The molecule has 4 aromatic carbocycles. The fraction of sp³-hybridized carbons (Fsp3) is 0.250. The van der Waals surface area contributed by atoms with E-state index in [9.17, 15) is 9.90 Å². The molecular weight excluding hydrogens is 512 g/mol. The molecule has 5 rings (SSSR count). The Morgan fingerprint density at radius 1 is 0.829 bits per heavy atom. The van der Waals surface area contributed by atoms with Gasteiger partial charge >= 0.3 is 5.97 Å². The molecule has 3 unspecified atom stereocenters. The van der Waals surface area contributed by atoms with Crippen molar-refractivity contribution >= 4 is 18.1 Å². The number of benzene rings is 4. The van der Waals surface area contributed by atoms with Crippen LogP contribution in [0.25, 0.3) is 12.2 Å². The zero-order chi connectivity index (χ0) is 28.8. The zero-order valence-corrected chi connectivity index (χ0v) is 23.7. The van der Waals surface area contributed by atoms with Crippen molar-refractivity contribution in [2.24, 2.45) is 0 Å². The maximum atomic E-state index is 11.2. The van der Waals surface area contributed by atoms with Crippen molar-refractivity contribution < 1.29 is 24.1 Å². The molecule has 0 amide bonds. The minimum Gasteiger partial charge on any atom is -0.491 e. The predicted octanol–water partition coefficient (Wildman–Crippen LogP) is 7.46. The smallest absolute Gasteiger partial charge is 0.333 e. The largest absolute Gasteiger partial charge is 0.491 e. The highest BCUT2D eigenvalue weighted by atomic mass is 16.5. The molecule has 1 aliphatic rings. The second-order valence-corrected chi connectivity index (χ2v) is 10.5. The normalized spacial score (nSPS) is 15.3. The highest BCUT2D eigenvalue weighted by molar-refractivity contribution is 5.77. The van der Waals surface area contributed by atoms with Crippen molar-refractivity contribution in [3.63, 3.8) is 0 Å². The van der Waals surface area contributed by atoms with Gasteiger partial charge in [0.2, 0.25) is 0 Å². The zero-order valence-electron chi connectivity index (χ0n) is 23.7. The second-order valence-electron chi connectivity index (χ2n) is 10.5. The molecule has 0 fully saturated rings. The van der Waals surface area contributed by atoms with Gasteiger partial charge in [0.15, 0.2) is 6.10 Å². The molecule has 0 aliphatic heterocycles. The number of carboxylic acid groups (broad SMARTS) is 1. The molecule has 1 aliphatic carbocycles. The Bertz CT molecular complexity index is 1510. The van der Waals surface area contributed by atoms with E-state index in [1.165, 1.54) is 23.8 Å². The quantitative estimate of drug-likeness (QED) is 0.197. The lowest BCUT2D eigenvalue weighted by Gasteiger charge is -2.23. The first-order chi connectivity index (χ1) is 19.9. The monoisotopic (exact) mass is 548 g/mol. The van der Waals surface area contributed by atoms with Gasteiger partial charge in [-0.25, -0.2) is 4.79 Å². The third kappa shape index (κ3) is 6.76. The molecule has 4 aromatic rings. The first kappa shape index (κ1) is 28.3. The SMILES string of the molecule is COC(Cc1ccc(OCCOC2c3ccc(C)cc3C=Cc3cc(C(C)c4ccccc4)ccc32)cc1)C(=O)O. The summed E-state index contributed by atoms with van der Waals surface area (Å²) in [6.07, 6.45) is 3.61. The summed E-state index contributed by atoms with van der Waals surface area (Å²) in [4.78, 5) is 11.2. The average molecular weight is 549 g/mol. The summed E-state index contributed by atoms with van der Waals surface area (Å²) in [5, 5.41) is 9.21. The van der Waals surface area contributed by atoms with Gasteiger partial charge in [0, 0.05) is 19.4 Å². The Morgan fingerprint density at radius 3 is 2.20 bits per heavy atom. The molecule has 0 heterocycles. The summed E-state index contributed by atoms with van der Waals surface area (Å²) < 4.78 is 17.5. The molecule has 3 atom stereocenters. The van der Waals surface area contributed by atoms with Crippen LogP contribution < -0.4 is 4.74 Å². The maximum absolute atomic E-state index is 11.2. The highest BCUT2D eigenvalue weighted by Crippen LogP contribution is 2.38. The van der Waals surface area contributed by atoms with E-state index in [1.807, 2.05) is 24.3 Å². The molecule has 0 radical (unpaired) electrons. The Labute approximate surface area is 242 Å². The number of ether oxygens (including phenoxy) is 3. The highest BCUT2D eigenvalue weighted by Gasteiger charge is 2.23. The predicted molar refractivity (Wildman–Crippen MR) is 162 cm³/mol. The minimum atomic E-state index is -0.973. The summed E-state index contributed by atoms with van der Waals surface area (Å²) in [5.74, 6) is 0.0190. The minimum absolute atomic E-state index is 0.218. The number of hydrogen-bond acceptors (Lipinski definition) is 4. The van der Waals surface area contributed by atoms with Crippen molar-refractivity contribution in [2.75, 3.05) is 20.3 Å². The average Bonchev–Trinajstić information content (AvgIpc) is 3.14. The van der Waals surface area contributed by atoms with Gasteiger partial charge in [-0.1, -0.05) is 104 Å². The molecule has 210 valence electrons. The van der Waals surface area contributed by atoms with Crippen LogP contribution in [0.2, 0.25) is 0 Å². The second kappa shape index (κ2) is 13.0. The maximum Gasteiger partial charge on any atom is 0.333 e. The third-order valence-corrected chi connectivity index (χ3v) is 7.70. The molecular formula is C36H36O5. The van der Waals surface area contributed by atoms with Gasteiger partial charge in [0.1, 0.15) is 18.5 Å². The molecule has 1 N–H and O–H groups in total. The van der Waals surface area contributed by atoms with Gasteiger partial charge in [0.05, 0.1) is 6.61 Å². The van der Waals surface area contributed by atoms with Crippen molar-refractivity contribution in [1.29, 1.82) is 0 Å². The Morgan fingerprint density at radius 2 is 1.51 bits per heavy atom. The standard InChI is InChI=1S/C36H36O5/c1-24-9-17-32-29(21-24)12-13-30-23-28(25(2)27-7-5-4-6-8-27)14-18-33(30)35(32)41-20-19-40-31-15-10-26(11-16-31)22-34(39-3)36(37)38/h4-18,21,23,25,34-35H,19-20,22H2,1-3H3,(H,37,38). The number of rotatable bonds is 11. The van der Waals surface area contributed by atoms with E-state index in [0.717, 1.165) is 27.8 Å². The van der Waals surface area contributed by atoms with E-state index in [1.54, 1.807) is 0 Å².